The van der Waals surface area contributed by atoms with E-state index in [2.05, 4.69) is 34.4 Å². The quantitative estimate of drug-likeness (QED) is 0.724. The van der Waals surface area contributed by atoms with Gasteiger partial charge in [-0.25, -0.2) is 9.97 Å². The van der Waals surface area contributed by atoms with Gasteiger partial charge in [-0.15, -0.1) is 0 Å². The van der Waals surface area contributed by atoms with Gasteiger partial charge >= 0.3 is 0 Å². The van der Waals surface area contributed by atoms with Gasteiger partial charge in [0, 0.05) is 12.6 Å². The first kappa shape index (κ1) is 14.7. The summed E-state index contributed by atoms with van der Waals surface area (Å²) in [5, 5.41) is 15.9. The molecule has 1 aromatic heterocycles. The first-order valence-corrected chi connectivity index (χ1v) is 6.39. The second-order valence-electron chi connectivity index (χ2n) is 5.09. The number of nitrogens with zero attached hydrogens (tertiary/aromatic N) is 2. The van der Waals surface area contributed by atoms with Crippen LogP contribution in [-0.4, -0.2) is 34.3 Å². The smallest absolute Gasteiger partial charge is 0.135 e. The van der Waals surface area contributed by atoms with E-state index in [4.69, 9.17) is 0 Å². The zero-order chi connectivity index (χ0) is 13.8. The molecule has 0 fully saturated rings. The maximum atomic E-state index is 9.48. The van der Waals surface area contributed by atoms with E-state index in [-0.39, 0.29) is 12.1 Å². The number of nitrogens with one attached hydrogen (secondary N) is 2. The van der Waals surface area contributed by atoms with E-state index in [1.165, 1.54) is 6.33 Å². The number of aliphatic hydroxyl groups is 1. The second kappa shape index (κ2) is 6.00. The molecule has 1 unspecified atom stereocenters. The molecule has 1 rings (SSSR count). The minimum atomic E-state index is -0.358. The van der Waals surface area contributed by atoms with Crippen LogP contribution in [0.3, 0.4) is 0 Å². The maximum Gasteiger partial charge on any atom is 0.135 e. The van der Waals surface area contributed by atoms with Crippen molar-refractivity contribution in [3.63, 3.8) is 0 Å². The number of rotatable bonds is 6. The fraction of sp³-hybridized carbons (Fsp3) is 0.692. The van der Waals surface area contributed by atoms with E-state index in [0.717, 1.165) is 23.6 Å². The minimum absolute atomic E-state index is 0.0694. The largest absolute Gasteiger partial charge is 0.394 e. The van der Waals surface area contributed by atoms with Crippen molar-refractivity contribution in [3.8, 4) is 0 Å². The van der Waals surface area contributed by atoms with Crippen LogP contribution in [0.1, 0.15) is 45.6 Å². The summed E-state index contributed by atoms with van der Waals surface area (Å²) in [7, 11) is 1.85. The average molecular weight is 252 g/mol. The Morgan fingerprint density at radius 3 is 2.39 bits per heavy atom. The van der Waals surface area contributed by atoms with Crippen molar-refractivity contribution in [2.45, 2.75) is 45.6 Å². The molecule has 3 N–H and O–H groups in total. The number of aliphatic hydroxyl groups excluding tert-OH is 1. The number of aromatic nitrogens is 2. The molecular formula is C13H24N4O. The topological polar surface area (TPSA) is 70.1 Å². The normalized spacial score (nSPS) is 14.4. The summed E-state index contributed by atoms with van der Waals surface area (Å²) in [4.78, 5) is 8.55. The van der Waals surface area contributed by atoms with Crippen molar-refractivity contribution < 1.29 is 5.11 Å². The van der Waals surface area contributed by atoms with Crippen LogP contribution in [0.4, 0.5) is 11.6 Å². The molecular weight excluding hydrogens is 228 g/mol. The lowest BCUT2D eigenvalue weighted by molar-refractivity contribution is 0.218. The summed E-state index contributed by atoms with van der Waals surface area (Å²) < 4.78 is 0. The van der Waals surface area contributed by atoms with Gasteiger partial charge in [0.2, 0.25) is 0 Å². The first-order valence-electron chi connectivity index (χ1n) is 6.39. The highest BCUT2D eigenvalue weighted by Crippen LogP contribution is 2.30. The van der Waals surface area contributed by atoms with Gasteiger partial charge in [-0.2, -0.15) is 0 Å². The molecule has 5 heteroatoms. The minimum Gasteiger partial charge on any atom is -0.394 e. The van der Waals surface area contributed by atoms with Gasteiger partial charge in [-0.3, -0.25) is 0 Å². The second-order valence-corrected chi connectivity index (χ2v) is 5.09. The zero-order valence-corrected chi connectivity index (χ0v) is 11.9. The highest BCUT2D eigenvalue weighted by atomic mass is 16.3. The number of hydrogen-bond acceptors (Lipinski definition) is 5. The van der Waals surface area contributed by atoms with E-state index >= 15 is 0 Å². The lowest BCUT2D eigenvalue weighted by Crippen LogP contribution is -2.38. The summed E-state index contributed by atoms with van der Waals surface area (Å²) in [5.74, 6) is 1.93. The van der Waals surface area contributed by atoms with Crippen LogP contribution in [0.2, 0.25) is 0 Å². The van der Waals surface area contributed by atoms with Crippen LogP contribution in [-0.2, 0) is 0 Å². The molecule has 0 radical (unpaired) electrons. The predicted molar refractivity (Wildman–Crippen MR) is 75.1 cm³/mol. The molecule has 5 nitrogen and oxygen atoms in total. The highest BCUT2D eigenvalue weighted by molar-refractivity contribution is 5.59. The maximum absolute atomic E-state index is 9.48. The predicted octanol–water partition coefficient (Wildman–Crippen LogP) is 2.21. The summed E-state index contributed by atoms with van der Waals surface area (Å²) in [5.41, 5.74) is 0.691. The van der Waals surface area contributed by atoms with Crippen LogP contribution >= 0.6 is 0 Å². The van der Waals surface area contributed by atoms with Gasteiger partial charge in [0.25, 0.3) is 0 Å². The fourth-order valence-corrected chi connectivity index (χ4v) is 1.77. The molecule has 0 aliphatic rings. The highest BCUT2D eigenvalue weighted by Gasteiger charge is 2.24. The molecule has 0 spiro atoms. The van der Waals surface area contributed by atoms with E-state index in [1.807, 2.05) is 20.9 Å². The van der Waals surface area contributed by atoms with Crippen LogP contribution < -0.4 is 10.6 Å². The van der Waals surface area contributed by atoms with Gasteiger partial charge in [0.15, 0.2) is 0 Å². The molecule has 1 heterocycles. The Bertz CT molecular complexity index is 389. The Morgan fingerprint density at radius 2 is 1.94 bits per heavy atom. The molecule has 0 amide bonds. The molecule has 1 atom stereocenters. The van der Waals surface area contributed by atoms with Crippen molar-refractivity contribution in [1.29, 1.82) is 0 Å². The molecule has 0 saturated carbocycles. The fourth-order valence-electron chi connectivity index (χ4n) is 1.77. The number of anilines is 2. The van der Waals surface area contributed by atoms with E-state index in [1.54, 1.807) is 0 Å². The lowest BCUT2D eigenvalue weighted by atomic mass is 9.98. The van der Waals surface area contributed by atoms with Gasteiger partial charge in [0.1, 0.15) is 18.0 Å². The summed E-state index contributed by atoms with van der Waals surface area (Å²) in [6.07, 6.45) is 2.35. The Hall–Kier alpha value is -1.36. The van der Waals surface area contributed by atoms with Gasteiger partial charge in [-0.1, -0.05) is 20.8 Å². The Labute approximate surface area is 109 Å². The van der Waals surface area contributed by atoms with Crippen LogP contribution in [0.5, 0.6) is 0 Å². The average Bonchev–Trinajstić information content (AvgIpc) is 2.37. The van der Waals surface area contributed by atoms with Crippen molar-refractivity contribution >= 4 is 11.6 Å². The van der Waals surface area contributed by atoms with E-state index < -0.39 is 0 Å². The van der Waals surface area contributed by atoms with Gasteiger partial charge in [-0.05, 0) is 19.3 Å². The van der Waals surface area contributed by atoms with Gasteiger partial charge < -0.3 is 15.7 Å². The lowest BCUT2D eigenvalue weighted by Gasteiger charge is -2.29. The standard InChI is InChI=1S/C13H24N4O/c1-6-13(4,7-18)17-12-10(9(2)3)11(14-5)15-8-16-12/h8-9,18H,6-7H2,1-5H3,(H2,14,15,16,17). The van der Waals surface area contributed by atoms with E-state index in [9.17, 15) is 5.11 Å². The van der Waals surface area contributed by atoms with Crippen molar-refractivity contribution in [2.75, 3.05) is 24.3 Å². The molecule has 0 saturated heterocycles. The molecule has 0 bridgehead atoms. The third kappa shape index (κ3) is 3.10. The molecule has 102 valence electrons. The summed E-state index contributed by atoms with van der Waals surface area (Å²) in [6.45, 7) is 8.30. The Morgan fingerprint density at radius 1 is 1.33 bits per heavy atom. The van der Waals surface area contributed by atoms with Crippen LogP contribution in [0.25, 0.3) is 0 Å². The number of hydrogen-bond donors (Lipinski definition) is 3. The van der Waals surface area contributed by atoms with Gasteiger partial charge in [0.05, 0.1) is 12.1 Å². The van der Waals surface area contributed by atoms with Crippen LogP contribution in [0.15, 0.2) is 6.33 Å². The molecule has 0 aliphatic heterocycles. The monoisotopic (exact) mass is 252 g/mol. The third-order valence-electron chi connectivity index (χ3n) is 3.25. The summed E-state index contributed by atoms with van der Waals surface area (Å²) in [6, 6.07) is 0. The first-order chi connectivity index (χ1) is 8.47. The van der Waals surface area contributed by atoms with Crippen molar-refractivity contribution in [1.82, 2.24) is 9.97 Å². The summed E-state index contributed by atoms with van der Waals surface area (Å²) >= 11 is 0. The molecule has 1 aromatic rings. The van der Waals surface area contributed by atoms with E-state index in [0.29, 0.717) is 5.92 Å². The Balaban J connectivity index is 3.16. The van der Waals surface area contributed by atoms with Crippen LogP contribution in [0, 0.1) is 0 Å². The van der Waals surface area contributed by atoms with Crippen molar-refractivity contribution in [3.05, 3.63) is 11.9 Å². The molecule has 0 aliphatic carbocycles. The molecule has 0 aromatic carbocycles. The zero-order valence-electron chi connectivity index (χ0n) is 11.9. The Kier molecular flexibility index (Phi) is 4.90. The third-order valence-corrected chi connectivity index (χ3v) is 3.25. The SMILES string of the molecule is CCC(C)(CO)Nc1ncnc(NC)c1C(C)C. The molecule has 18 heavy (non-hydrogen) atoms. The van der Waals surface area contributed by atoms with Crippen molar-refractivity contribution in [2.24, 2.45) is 0 Å².